The molecule has 1 N–H and O–H groups in total. The quantitative estimate of drug-likeness (QED) is 0.388. The van der Waals surface area contributed by atoms with E-state index in [1.165, 1.54) is 6.92 Å². The zero-order valence-electron chi connectivity index (χ0n) is 20.5. The van der Waals surface area contributed by atoms with Crippen molar-refractivity contribution in [2.75, 3.05) is 0 Å². The van der Waals surface area contributed by atoms with Crippen LogP contribution in [0.15, 0.2) is 91.0 Å². The van der Waals surface area contributed by atoms with Gasteiger partial charge < -0.3 is 28.8 Å². The molecule has 1 saturated heterocycles. The Balaban J connectivity index is 1.63. The fraction of sp³-hybridized carbons (Fsp3) is 0.310. The van der Waals surface area contributed by atoms with Crippen molar-refractivity contribution in [2.45, 2.75) is 57.5 Å². The van der Waals surface area contributed by atoms with Gasteiger partial charge in [-0.15, -0.1) is 0 Å². The Bertz CT molecular complexity index is 1120. The van der Waals surface area contributed by atoms with Gasteiger partial charge >= 0.3 is 11.9 Å². The van der Waals surface area contributed by atoms with E-state index in [0.717, 1.165) is 16.7 Å². The lowest BCUT2D eigenvalue weighted by Crippen LogP contribution is -2.63. The summed E-state index contributed by atoms with van der Waals surface area (Å²) in [5, 5.41) is 9.95. The van der Waals surface area contributed by atoms with Gasteiger partial charge in [-0.2, -0.15) is 0 Å². The number of hydrogen-bond donors (Lipinski definition) is 1. The topological polar surface area (TPSA) is 101 Å². The monoisotopic (exact) mass is 506 g/mol. The molecule has 0 bridgehead atoms. The van der Waals surface area contributed by atoms with E-state index in [1.807, 2.05) is 91.0 Å². The molecule has 0 aromatic heterocycles. The van der Waals surface area contributed by atoms with Crippen molar-refractivity contribution in [2.24, 2.45) is 0 Å². The number of esters is 1. The van der Waals surface area contributed by atoms with Gasteiger partial charge in [0.1, 0.15) is 12.2 Å². The van der Waals surface area contributed by atoms with Crippen molar-refractivity contribution in [1.82, 2.24) is 0 Å². The first-order chi connectivity index (χ1) is 18.0. The molecule has 0 saturated carbocycles. The number of hydrogen-bond acceptors (Lipinski definition) is 7. The minimum Gasteiger partial charge on any atom is -0.479 e. The van der Waals surface area contributed by atoms with E-state index in [0.29, 0.717) is 0 Å². The molecular formula is C29H30O8. The maximum Gasteiger partial charge on any atom is 0.336 e. The predicted molar refractivity (Wildman–Crippen MR) is 133 cm³/mol. The second-order valence-electron chi connectivity index (χ2n) is 8.66. The van der Waals surface area contributed by atoms with Crippen LogP contribution in [0.5, 0.6) is 0 Å². The molecule has 1 fully saturated rings. The minimum atomic E-state index is -1.51. The Morgan fingerprint density at radius 2 is 1.11 bits per heavy atom. The highest BCUT2D eigenvalue weighted by Crippen LogP contribution is 2.31. The van der Waals surface area contributed by atoms with Crippen LogP contribution in [-0.2, 0) is 53.1 Å². The van der Waals surface area contributed by atoms with Crippen LogP contribution in [0.3, 0.4) is 0 Å². The lowest BCUT2D eigenvalue weighted by Gasteiger charge is -2.44. The highest BCUT2D eigenvalue weighted by atomic mass is 16.7. The fourth-order valence-electron chi connectivity index (χ4n) is 4.12. The van der Waals surface area contributed by atoms with Crippen LogP contribution in [-0.4, -0.2) is 47.8 Å². The van der Waals surface area contributed by atoms with Crippen LogP contribution in [0.25, 0.3) is 0 Å². The van der Waals surface area contributed by atoms with Crippen LogP contribution in [0, 0.1) is 0 Å². The van der Waals surface area contributed by atoms with E-state index in [4.69, 9.17) is 23.7 Å². The average Bonchev–Trinajstić information content (AvgIpc) is 2.91. The Morgan fingerprint density at radius 3 is 1.54 bits per heavy atom. The molecule has 5 atom stereocenters. The van der Waals surface area contributed by atoms with Crippen molar-refractivity contribution in [1.29, 1.82) is 0 Å². The van der Waals surface area contributed by atoms with E-state index >= 15 is 0 Å². The zero-order valence-corrected chi connectivity index (χ0v) is 20.5. The Hall–Kier alpha value is -3.56. The molecule has 8 nitrogen and oxygen atoms in total. The SMILES string of the molecule is CC(=O)O[C@H]1[C@H](OCc2ccccc2)[C@@H](OCc2ccccc2)C(OCc2ccccc2)O[C@@H]1C(=O)O. The molecule has 0 amide bonds. The summed E-state index contributed by atoms with van der Waals surface area (Å²) >= 11 is 0. The Labute approximate surface area is 215 Å². The van der Waals surface area contributed by atoms with Gasteiger partial charge in [0.2, 0.25) is 0 Å². The fourth-order valence-corrected chi connectivity index (χ4v) is 4.12. The molecule has 1 aliphatic heterocycles. The third-order valence-corrected chi connectivity index (χ3v) is 5.87. The van der Waals surface area contributed by atoms with Gasteiger partial charge in [0, 0.05) is 6.92 Å². The van der Waals surface area contributed by atoms with Crippen LogP contribution >= 0.6 is 0 Å². The normalized spacial score (nSPS) is 23.3. The molecule has 4 rings (SSSR count). The summed E-state index contributed by atoms with van der Waals surface area (Å²) in [6.07, 6.45) is -5.74. The van der Waals surface area contributed by atoms with Crippen molar-refractivity contribution in [3.63, 3.8) is 0 Å². The first-order valence-corrected chi connectivity index (χ1v) is 12.0. The standard InChI is InChI=1S/C29H30O8/c1-20(30)36-25-24(33-17-21-11-5-2-6-12-21)27(34-18-22-13-7-3-8-14-22)29(37-26(25)28(31)32)35-19-23-15-9-4-10-16-23/h2-16,24-27,29H,17-19H2,1H3,(H,31,32)/t24-,25-,26-,27+,29?/m0/s1. The van der Waals surface area contributed by atoms with E-state index < -0.39 is 42.6 Å². The smallest absolute Gasteiger partial charge is 0.336 e. The molecule has 194 valence electrons. The largest absolute Gasteiger partial charge is 0.479 e. The molecule has 1 heterocycles. The first kappa shape index (κ1) is 26.5. The number of aliphatic carboxylic acids is 1. The lowest BCUT2D eigenvalue weighted by molar-refractivity contribution is -0.316. The van der Waals surface area contributed by atoms with Crippen molar-refractivity contribution < 1.29 is 38.4 Å². The third-order valence-electron chi connectivity index (χ3n) is 5.87. The number of carboxylic acids is 1. The van der Waals surface area contributed by atoms with E-state index in [-0.39, 0.29) is 19.8 Å². The van der Waals surface area contributed by atoms with Crippen LogP contribution < -0.4 is 0 Å². The number of ether oxygens (including phenoxy) is 5. The Morgan fingerprint density at radius 1 is 0.676 bits per heavy atom. The van der Waals surface area contributed by atoms with Gasteiger partial charge in [0.15, 0.2) is 18.5 Å². The summed E-state index contributed by atoms with van der Waals surface area (Å²) in [5.74, 6) is -1.95. The molecular weight excluding hydrogens is 476 g/mol. The molecule has 0 spiro atoms. The minimum absolute atomic E-state index is 0.145. The van der Waals surface area contributed by atoms with Gasteiger partial charge in [0.05, 0.1) is 19.8 Å². The predicted octanol–water partition coefficient (Wildman–Crippen LogP) is 4.12. The van der Waals surface area contributed by atoms with Gasteiger partial charge in [-0.3, -0.25) is 4.79 Å². The second kappa shape index (κ2) is 13.1. The van der Waals surface area contributed by atoms with Gasteiger partial charge in [0.25, 0.3) is 0 Å². The van der Waals surface area contributed by atoms with E-state index in [9.17, 15) is 14.7 Å². The van der Waals surface area contributed by atoms with Gasteiger partial charge in [-0.1, -0.05) is 91.0 Å². The average molecular weight is 507 g/mol. The number of carboxylic acid groups (broad SMARTS) is 1. The third kappa shape index (κ3) is 7.47. The van der Waals surface area contributed by atoms with Crippen molar-refractivity contribution in [3.05, 3.63) is 108 Å². The second-order valence-corrected chi connectivity index (χ2v) is 8.66. The van der Waals surface area contributed by atoms with Gasteiger partial charge in [-0.05, 0) is 16.7 Å². The van der Waals surface area contributed by atoms with Crippen LogP contribution in [0.4, 0.5) is 0 Å². The number of carbonyl (C=O) groups is 2. The molecule has 37 heavy (non-hydrogen) atoms. The highest BCUT2D eigenvalue weighted by Gasteiger charge is 2.52. The molecule has 1 unspecified atom stereocenters. The molecule has 0 radical (unpaired) electrons. The molecule has 3 aromatic carbocycles. The van der Waals surface area contributed by atoms with Crippen LogP contribution in [0.1, 0.15) is 23.6 Å². The summed E-state index contributed by atoms with van der Waals surface area (Å²) < 4.78 is 29.8. The highest BCUT2D eigenvalue weighted by molar-refractivity contribution is 5.74. The number of benzene rings is 3. The van der Waals surface area contributed by atoms with E-state index in [2.05, 4.69) is 0 Å². The summed E-state index contributed by atoms with van der Waals surface area (Å²) in [6.45, 7) is 1.71. The first-order valence-electron chi connectivity index (χ1n) is 12.0. The molecule has 1 aliphatic rings. The van der Waals surface area contributed by atoms with E-state index in [1.54, 1.807) is 0 Å². The van der Waals surface area contributed by atoms with Gasteiger partial charge in [-0.25, -0.2) is 4.79 Å². The lowest BCUT2D eigenvalue weighted by atomic mass is 9.97. The van der Waals surface area contributed by atoms with Crippen LogP contribution in [0.2, 0.25) is 0 Å². The summed E-state index contributed by atoms with van der Waals surface area (Å²) in [5.41, 5.74) is 2.64. The maximum absolute atomic E-state index is 12.2. The summed E-state index contributed by atoms with van der Waals surface area (Å²) in [6, 6.07) is 28.4. The van der Waals surface area contributed by atoms with Crippen molar-refractivity contribution in [3.8, 4) is 0 Å². The number of rotatable bonds is 11. The maximum atomic E-state index is 12.2. The van der Waals surface area contributed by atoms with Crippen molar-refractivity contribution >= 4 is 11.9 Å². The zero-order chi connectivity index (χ0) is 26.0. The summed E-state index contributed by atoms with van der Waals surface area (Å²) in [4.78, 5) is 24.2. The molecule has 3 aromatic rings. The molecule has 8 heteroatoms. The Kier molecular flexibility index (Phi) is 9.40. The number of carbonyl (C=O) groups excluding carboxylic acids is 1. The molecule has 0 aliphatic carbocycles. The summed E-state index contributed by atoms with van der Waals surface area (Å²) in [7, 11) is 0.